The average Bonchev–Trinajstić information content (AvgIpc) is 3.12. The summed E-state index contributed by atoms with van der Waals surface area (Å²) in [7, 11) is -1.99. The lowest BCUT2D eigenvalue weighted by molar-refractivity contribution is -0.116. The minimum Gasteiger partial charge on any atom is -0.495 e. The Morgan fingerprint density at radius 3 is 2.68 bits per heavy atom. The monoisotopic (exact) mass is 406 g/mol. The Balaban J connectivity index is 1.62. The zero-order valence-electron chi connectivity index (χ0n) is 15.7. The van der Waals surface area contributed by atoms with Gasteiger partial charge >= 0.3 is 0 Å². The van der Waals surface area contributed by atoms with Crippen molar-refractivity contribution in [2.24, 2.45) is 0 Å². The van der Waals surface area contributed by atoms with Crippen LogP contribution in [0.2, 0.25) is 0 Å². The molecule has 9 heteroatoms. The first kappa shape index (κ1) is 19.8. The molecule has 0 saturated heterocycles. The number of sulfonamides is 1. The standard InChI is InChI=1S/C19H22N2O6S/c1-25-16-7-4-3-6-15(16)20-19(22)8-5-11-21(28(2,23)24)14-9-10-17-18(12-14)27-13-26-17/h3-4,6-7,9-10,12H,5,8,11,13H2,1-2H3,(H,20,22). The lowest BCUT2D eigenvalue weighted by Crippen LogP contribution is -2.31. The number of methoxy groups -OCH3 is 1. The molecule has 8 nitrogen and oxygen atoms in total. The highest BCUT2D eigenvalue weighted by Crippen LogP contribution is 2.36. The highest BCUT2D eigenvalue weighted by molar-refractivity contribution is 7.92. The fourth-order valence-electron chi connectivity index (χ4n) is 2.87. The summed E-state index contributed by atoms with van der Waals surface area (Å²) in [6, 6.07) is 12.0. The van der Waals surface area contributed by atoms with E-state index in [9.17, 15) is 13.2 Å². The number of nitrogens with zero attached hydrogens (tertiary/aromatic N) is 1. The average molecular weight is 406 g/mol. The van der Waals surface area contributed by atoms with Crippen LogP contribution in [-0.2, 0) is 14.8 Å². The Bertz CT molecular complexity index is 961. The largest absolute Gasteiger partial charge is 0.495 e. The van der Waals surface area contributed by atoms with Gasteiger partial charge in [-0.25, -0.2) is 8.42 Å². The summed E-state index contributed by atoms with van der Waals surface area (Å²) in [5.74, 6) is 1.42. The Morgan fingerprint density at radius 1 is 1.18 bits per heavy atom. The summed E-state index contributed by atoms with van der Waals surface area (Å²) < 4.78 is 41.5. The van der Waals surface area contributed by atoms with Crippen molar-refractivity contribution >= 4 is 27.3 Å². The lowest BCUT2D eigenvalue weighted by atomic mass is 10.2. The maximum Gasteiger partial charge on any atom is 0.232 e. The first-order valence-corrected chi connectivity index (χ1v) is 10.5. The van der Waals surface area contributed by atoms with Gasteiger partial charge in [-0.15, -0.1) is 0 Å². The van der Waals surface area contributed by atoms with Crippen LogP contribution < -0.4 is 23.8 Å². The van der Waals surface area contributed by atoms with Crippen LogP contribution in [0.3, 0.4) is 0 Å². The van der Waals surface area contributed by atoms with Crippen molar-refractivity contribution in [2.45, 2.75) is 12.8 Å². The summed E-state index contributed by atoms with van der Waals surface area (Å²) >= 11 is 0. The van der Waals surface area contributed by atoms with Crippen LogP contribution in [0, 0.1) is 0 Å². The molecule has 0 bridgehead atoms. The molecule has 1 aliphatic rings. The van der Waals surface area contributed by atoms with Gasteiger partial charge in [-0.05, 0) is 30.7 Å². The van der Waals surface area contributed by atoms with Gasteiger partial charge in [0.25, 0.3) is 0 Å². The van der Waals surface area contributed by atoms with E-state index in [2.05, 4.69) is 5.32 Å². The van der Waals surface area contributed by atoms with E-state index in [1.165, 1.54) is 11.4 Å². The maximum absolute atomic E-state index is 12.2. The summed E-state index contributed by atoms with van der Waals surface area (Å²) in [5.41, 5.74) is 1.04. The highest BCUT2D eigenvalue weighted by atomic mass is 32.2. The molecule has 3 rings (SSSR count). The summed E-state index contributed by atoms with van der Waals surface area (Å²) in [6.07, 6.45) is 1.64. The van der Waals surface area contributed by atoms with Crippen molar-refractivity contribution in [3.63, 3.8) is 0 Å². The van der Waals surface area contributed by atoms with Gasteiger partial charge < -0.3 is 19.5 Å². The van der Waals surface area contributed by atoms with Crippen molar-refractivity contribution in [1.82, 2.24) is 0 Å². The van der Waals surface area contributed by atoms with E-state index in [0.29, 0.717) is 35.0 Å². The van der Waals surface area contributed by atoms with Crippen molar-refractivity contribution in [3.8, 4) is 17.2 Å². The smallest absolute Gasteiger partial charge is 0.232 e. The number of hydrogen-bond acceptors (Lipinski definition) is 6. The fourth-order valence-corrected chi connectivity index (χ4v) is 3.83. The summed E-state index contributed by atoms with van der Waals surface area (Å²) in [5, 5.41) is 2.78. The molecule has 0 fully saturated rings. The van der Waals surface area contributed by atoms with Gasteiger partial charge in [-0.2, -0.15) is 0 Å². The number of para-hydroxylation sites is 2. The number of ether oxygens (including phenoxy) is 3. The van der Waals surface area contributed by atoms with Crippen molar-refractivity contribution in [3.05, 3.63) is 42.5 Å². The van der Waals surface area contributed by atoms with Gasteiger partial charge in [0, 0.05) is 19.0 Å². The Morgan fingerprint density at radius 2 is 1.93 bits per heavy atom. The van der Waals surface area contributed by atoms with Crippen LogP contribution in [0.4, 0.5) is 11.4 Å². The molecule has 1 heterocycles. The predicted molar refractivity (Wildman–Crippen MR) is 106 cm³/mol. The van der Waals surface area contributed by atoms with E-state index in [1.54, 1.807) is 36.4 Å². The molecule has 28 heavy (non-hydrogen) atoms. The van der Waals surface area contributed by atoms with E-state index in [1.807, 2.05) is 6.07 Å². The normalized spacial score (nSPS) is 12.5. The number of carbonyl (C=O) groups is 1. The maximum atomic E-state index is 12.2. The summed E-state index contributed by atoms with van der Waals surface area (Å²) in [6.45, 7) is 0.276. The minimum atomic E-state index is -3.52. The Kier molecular flexibility index (Phi) is 5.93. The predicted octanol–water partition coefficient (Wildman–Crippen LogP) is 2.61. The molecule has 0 saturated carbocycles. The lowest BCUT2D eigenvalue weighted by Gasteiger charge is -2.22. The van der Waals surface area contributed by atoms with E-state index in [0.717, 1.165) is 6.26 Å². The topological polar surface area (TPSA) is 94.2 Å². The molecule has 0 radical (unpaired) electrons. The quantitative estimate of drug-likeness (QED) is 0.724. The zero-order valence-corrected chi connectivity index (χ0v) is 16.5. The third kappa shape index (κ3) is 4.66. The minimum absolute atomic E-state index is 0.112. The number of carbonyl (C=O) groups excluding carboxylic acids is 1. The Hall–Kier alpha value is -2.94. The first-order chi connectivity index (χ1) is 13.4. The first-order valence-electron chi connectivity index (χ1n) is 8.69. The third-order valence-corrected chi connectivity index (χ3v) is 5.38. The molecule has 1 aliphatic heterocycles. The van der Waals surface area contributed by atoms with Gasteiger partial charge in [-0.3, -0.25) is 9.10 Å². The van der Waals surface area contributed by atoms with Gasteiger partial charge in [0.1, 0.15) is 5.75 Å². The van der Waals surface area contributed by atoms with Crippen molar-refractivity contribution in [2.75, 3.05) is 36.3 Å². The number of rotatable bonds is 8. The molecule has 0 spiro atoms. The van der Waals surface area contributed by atoms with Gasteiger partial charge in [-0.1, -0.05) is 12.1 Å². The molecule has 0 atom stereocenters. The van der Waals surface area contributed by atoms with E-state index >= 15 is 0 Å². The molecular formula is C19H22N2O6S. The van der Waals surface area contributed by atoms with E-state index < -0.39 is 10.0 Å². The molecule has 0 aromatic heterocycles. The molecular weight excluding hydrogens is 384 g/mol. The highest BCUT2D eigenvalue weighted by Gasteiger charge is 2.21. The van der Waals surface area contributed by atoms with Gasteiger partial charge in [0.15, 0.2) is 11.5 Å². The van der Waals surface area contributed by atoms with Crippen molar-refractivity contribution < 1.29 is 27.4 Å². The van der Waals surface area contributed by atoms with Crippen LogP contribution in [0.5, 0.6) is 17.2 Å². The number of benzene rings is 2. The molecule has 2 aromatic rings. The van der Waals surface area contributed by atoms with E-state index in [-0.39, 0.29) is 25.7 Å². The van der Waals surface area contributed by atoms with Crippen LogP contribution in [0.15, 0.2) is 42.5 Å². The fraction of sp³-hybridized carbons (Fsp3) is 0.316. The number of fused-ring (bicyclic) bond motifs is 1. The molecule has 2 aromatic carbocycles. The SMILES string of the molecule is COc1ccccc1NC(=O)CCCN(c1ccc2c(c1)OCO2)S(C)(=O)=O. The number of amides is 1. The van der Waals surface area contributed by atoms with E-state index in [4.69, 9.17) is 14.2 Å². The second-order valence-corrected chi connectivity index (χ2v) is 8.13. The number of hydrogen-bond donors (Lipinski definition) is 1. The number of nitrogens with one attached hydrogen (secondary N) is 1. The molecule has 1 amide bonds. The zero-order chi connectivity index (χ0) is 20.1. The van der Waals surface area contributed by atoms with Crippen molar-refractivity contribution in [1.29, 1.82) is 0 Å². The second-order valence-electron chi connectivity index (χ2n) is 6.22. The second kappa shape index (κ2) is 8.39. The van der Waals surface area contributed by atoms with Gasteiger partial charge in [0.2, 0.25) is 22.7 Å². The molecule has 0 aliphatic carbocycles. The van der Waals surface area contributed by atoms with Crippen LogP contribution >= 0.6 is 0 Å². The summed E-state index contributed by atoms with van der Waals surface area (Å²) in [4.78, 5) is 12.2. The third-order valence-electron chi connectivity index (χ3n) is 4.19. The molecule has 150 valence electrons. The van der Waals surface area contributed by atoms with Crippen LogP contribution in [0.25, 0.3) is 0 Å². The Labute approximate surface area is 164 Å². The van der Waals surface area contributed by atoms with Gasteiger partial charge in [0.05, 0.1) is 24.7 Å². The molecule has 1 N–H and O–H groups in total. The molecule has 0 unspecified atom stereocenters. The number of anilines is 2. The van der Waals surface area contributed by atoms with Crippen LogP contribution in [-0.4, -0.2) is 41.0 Å². The van der Waals surface area contributed by atoms with Crippen LogP contribution in [0.1, 0.15) is 12.8 Å².